The Balaban J connectivity index is 1.54. The molecule has 2 aromatic carbocycles. The van der Waals surface area contributed by atoms with Gasteiger partial charge in [0.25, 0.3) is 0 Å². The first-order valence-electron chi connectivity index (χ1n) is 9.83. The van der Waals surface area contributed by atoms with Crippen LogP contribution in [0.1, 0.15) is 30.0 Å². The van der Waals surface area contributed by atoms with Gasteiger partial charge >= 0.3 is 5.97 Å². The molecule has 0 bridgehead atoms. The molecule has 3 aromatic rings. The van der Waals surface area contributed by atoms with E-state index >= 15 is 0 Å². The first-order valence-corrected chi connectivity index (χ1v) is 10.8. The number of ether oxygens (including phenoxy) is 1. The number of rotatable bonds is 10. The molecule has 0 aliphatic rings. The summed E-state index contributed by atoms with van der Waals surface area (Å²) in [5.41, 5.74) is 5.91. The highest BCUT2D eigenvalue weighted by Gasteiger charge is 2.09. The summed E-state index contributed by atoms with van der Waals surface area (Å²) in [5.74, 6) is -0.190. The molecule has 0 amide bonds. The van der Waals surface area contributed by atoms with Crippen LogP contribution < -0.4 is 4.74 Å². The lowest BCUT2D eigenvalue weighted by atomic mass is 10.0. The first kappa shape index (κ1) is 21.6. The molecule has 1 heterocycles. The Morgan fingerprint density at radius 1 is 1.07 bits per heavy atom. The predicted molar refractivity (Wildman–Crippen MR) is 121 cm³/mol. The lowest BCUT2D eigenvalue weighted by Crippen LogP contribution is -2.08. The lowest BCUT2D eigenvalue weighted by molar-refractivity contribution is -0.136. The van der Waals surface area contributed by atoms with Crippen molar-refractivity contribution in [2.75, 3.05) is 13.2 Å². The van der Waals surface area contributed by atoms with Crippen molar-refractivity contribution in [2.45, 2.75) is 26.7 Å². The maximum atomic E-state index is 10.9. The summed E-state index contributed by atoms with van der Waals surface area (Å²) < 4.78 is 5.75. The number of hydrogen-bond donors (Lipinski definition) is 1. The Labute approximate surface area is 180 Å². The zero-order valence-electron chi connectivity index (χ0n) is 17.1. The topological polar surface area (TPSA) is 68.1 Å². The number of benzene rings is 2. The number of hydrogen-bond acceptors (Lipinski definition) is 5. The molecule has 1 N–H and O–H groups in total. The van der Waals surface area contributed by atoms with E-state index in [0.717, 1.165) is 28.8 Å². The molecule has 0 saturated carbocycles. The van der Waals surface area contributed by atoms with Crippen molar-refractivity contribution in [3.8, 4) is 16.9 Å². The van der Waals surface area contributed by atoms with Crippen LogP contribution in [0.3, 0.4) is 0 Å². The highest BCUT2D eigenvalue weighted by Crippen LogP contribution is 2.23. The van der Waals surface area contributed by atoms with Crippen molar-refractivity contribution >= 4 is 23.0 Å². The van der Waals surface area contributed by atoms with Crippen LogP contribution in [0.4, 0.5) is 0 Å². The normalized spacial score (nSPS) is 11.3. The van der Waals surface area contributed by atoms with Gasteiger partial charge in [0.2, 0.25) is 0 Å². The van der Waals surface area contributed by atoms with Gasteiger partial charge in [-0.25, -0.2) is 0 Å². The van der Waals surface area contributed by atoms with Crippen LogP contribution in [-0.2, 0) is 16.1 Å². The molecule has 0 saturated heterocycles. The molecule has 0 atom stereocenters. The number of carboxylic acids is 1. The van der Waals surface area contributed by atoms with Gasteiger partial charge < -0.3 is 14.7 Å². The zero-order valence-corrected chi connectivity index (χ0v) is 17.9. The fourth-order valence-electron chi connectivity index (χ4n) is 3.09. The smallest absolute Gasteiger partial charge is 0.307 e. The molecule has 0 spiro atoms. The Bertz CT molecular complexity index is 995. The van der Waals surface area contributed by atoms with Crippen molar-refractivity contribution in [3.05, 3.63) is 76.0 Å². The molecule has 30 heavy (non-hydrogen) atoms. The van der Waals surface area contributed by atoms with E-state index in [-0.39, 0.29) is 6.42 Å². The average Bonchev–Trinajstić information content (AvgIpc) is 3.28. The van der Waals surface area contributed by atoms with E-state index in [9.17, 15) is 4.79 Å². The van der Waals surface area contributed by atoms with Gasteiger partial charge in [-0.15, -0.1) is 0 Å². The highest BCUT2D eigenvalue weighted by molar-refractivity contribution is 7.08. The highest BCUT2D eigenvalue weighted by atomic mass is 32.1. The van der Waals surface area contributed by atoms with Crippen molar-refractivity contribution < 1.29 is 19.5 Å². The Morgan fingerprint density at radius 3 is 2.53 bits per heavy atom. The van der Waals surface area contributed by atoms with E-state index in [2.05, 4.69) is 46.2 Å². The van der Waals surface area contributed by atoms with E-state index < -0.39 is 5.97 Å². The lowest BCUT2D eigenvalue weighted by Gasteiger charge is -2.11. The fraction of sp³-hybridized carbons (Fsp3) is 0.250. The quantitative estimate of drug-likeness (QED) is 0.263. The molecule has 156 valence electrons. The summed E-state index contributed by atoms with van der Waals surface area (Å²) in [4.78, 5) is 16.4. The van der Waals surface area contributed by atoms with Crippen molar-refractivity contribution in [1.29, 1.82) is 0 Å². The number of carboxylic acid groups (broad SMARTS) is 1. The van der Waals surface area contributed by atoms with Gasteiger partial charge in [-0.3, -0.25) is 4.79 Å². The minimum atomic E-state index is -0.858. The van der Waals surface area contributed by atoms with Crippen LogP contribution in [0.25, 0.3) is 11.1 Å². The molecule has 0 aliphatic carbocycles. The Hall–Kier alpha value is -3.12. The van der Waals surface area contributed by atoms with Gasteiger partial charge in [0.05, 0.1) is 12.1 Å². The van der Waals surface area contributed by atoms with Crippen molar-refractivity contribution in [1.82, 2.24) is 0 Å². The summed E-state index contributed by atoms with van der Waals surface area (Å²) in [7, 11) is 0. The SMILES string of the molecule is CC/C(=N\OCCOc1cccc(CC(=O)O)c1C)c1ccc(-c2ccsc2)cc1. The van der Waals surface area contributed by atoms with Gasteiger partial charge in [0.1, 0.15) is 12.4 Å². The zero-order chi connectivity index (χ0) is 21.3. The second-order valence-corrected chi connectivity index (χ2v) is 7.55. The number of nitrogens with zero attached hydrogens (tertiary/aromatic N) is 1. The second-order valence-electron chi connectivity index (χ2n) is 6.77. The molecule has 0 aliphatic heterocycles. The van der Waals surface area contributed by atoms with Crippen LogP contribution >= 0.6 is 11.3 Å². The molecule has 5 nitrogen and oxygen atoms in total. The van der Waals surface area contributed by atoms with Crippen LogP contribution in [0.2, 0.25) is 0 Å². The first-order chi connectivity index (χ1) is 14.6. The fourth-order valence-corrected chi connectivity index (χ4v) is 3.75. The molecule has 6 heteroatoms. The summed E-state index contributed by atoms with van der Waals surface area (Å²) in [5, 5.41) is 17.5. The van der Waals surface area contributed by atoms with Crippen LogP contribution in [0.5, 0.6) is 5.75 Å². The average molecular weight is 424 g/mol. The van der Waals surface area contributed by atoms with Gasteiger partial charge in [-0.2, -0.15) is 11.3 Å². The van der Waals surface area contributed by atoms with E-state index in [1.165, 1.54) is 11.1 Å². The number of carbonyl (C=O) groups is 1. The van der Waals surface area contributed by atoms with Crippen LogP contribution in [-0.4, -0.2) is 30.0 Å². The summed E-state index contributed by atoms with van der Waals surface area (Å²) in [6.45, 7) is 4.54. The summed E-state index contributed by atoms with van der Waals surface area (Å²) in [6, 6.07) is 15.9. The van der Waals surface area contributed by atoms with Gasteiger partial charge in [-0.1, -0.05) is 48.5 Å². The van der Waals surface area contributed by atoms with Gasteiger partial charge in [-0.05, 0) is 64.1 Å². The van der Waals surface area contributed by atoms with E-state index in [4.69, 9.17) is 14.7 Å². The number of aliphatic carboxylic acids is 1. The Kier molecular flexibility index (Phi) is 7.63. The molecule has 0 unspecified atom stereocenters. The van der Waals surface area contributed by atoms with Crippen molar-refractivity contribution in [2.24, 2.45) is 5.16 Å². The minimum absolute atomic E-state index is 0.0190. The van der Waals surface area contributed by atoms with Gasteiger partial charge in [0, 0.05) is 0 Å². The maximum Gasteiger partial charge on any atom is 0.307 e. The number of thiophene rings is 1. The standard InChI is InChI=1S/C24H25NO4S/c1-3-22(19-9-7-18(8-10-19)21-11-14-30-16-21)25-29-13-12-28-23-6-4-5-20(17(23)2)15-24(26)27/h4-11,14,16H,3,12-13,15H2,1-2H3,(H,26,27)/b25-22+. The molecular weight excluding hydrogens is 398 g/mol. The van der Waals surface area contributed by atoms with Crippen molar-refractivity contribution in [3.63, 3.8) is 0 Å². The summed E-state index contributed by atoms with van der Waals surface area (Å²) >= 11 is 1.69. The minimum Gasteiger partial charge on any atom is -0.490 e. The third-order valence-corrected chi connectivity index (χ3v) is 5.44. The predicted octanol–water partition coefficient (Wildman–Crippen LogP) is 5.56. The Morgan fingerprint density at radius 2 is 1.87 bits per heavy atom. The molecule has 0 radical (unpaired) electrons. The molecule has 3 rings (SSSR count). The largest absolute Gasteiger partial charge is 0.490 e. The second kappa shape index (κ2) is 10.6. The maximum absolute atomic E-state index is 10.9. The van der Waals surface area contributed by atoms with E-state index in [1.807, 2.05) is 19.9 Å². The summed E-state index contributed by atoms with van der Waals surface area (Å²) in [6.07, 6.45) is 0.740. The van der Waals surface area contributed by atoms with Crippen LogP contribution in [0, 0.1) is 6.92 Å². The van der Waals surface area contributed by atoms with E-state index in [0.29, 0.717) is 19.0 Å². The molecule has 1 aromatic heterocycles. The monoisotopic (exact) mass is 423 g/mol. The van der Waals surface area contributed by atoms with Crippen LogP contribution in [0.15, 0.2) is 64.4 Å². The third kappa shape index (κ3) is 5.70. The van der Waals surface area contributed by atoms with Gasteiger partial charge in [0.15, 0.2) is 6.61 Å². The third-order valence-electron chi connectivity index (χ3n) is 4.75. The van der Waals surface area contributed by atoms with E-state index in [1.54, 1.807) is 23.5 Å². The number of oxime groups is 1. The molecular formula is C24H25NO4S. The molecule has 0 fully saturated rings.